The van der Waals surface area contributed by atoms with Crippen LogP contribution in [0.1, 0.15) is 29.8 Å². The SMILES string of the molecule is CCN(CC)C(=O)c1ccc(S(=O)(=O)c2ccc(NC(=O)NCc3cccnc3)cc2)cc1. The Balaban J connectivity index is 1.65. The van der Waals surface area contributed by atoms with Gasteiger partial charge in [0.1, 0.15) is 0 Å². The van der Waals surface area contributed by atoms with E-state index in [1.54, 1.807) is 23.4 Å². The summed E-state index contributed by atoms with van der Waals surface area (Å²) in [6.07, 6.45) is 3.31. The zero-order valence-electron chi connectivity index (χ0n) is 18.5. The number of anilines is 1. The summed E-state index contributed by atoms with van der Waals surface area (Å²) >= 11 is 0. The van der Waals surface area contributed by atoms with E-state index in [1.165, 1.54) is 48.5 Å². The first kappa shape index (κ1) is 23.9. The lowest BCUT2D eigenvalue weighted by Gasteiger charge is -2.18. The number of urea groups is 1. The van der Waals surface area contributed by atoms with Crippen molar-refractivity contribution < 1.29 is 18.0 Å². The van der Waals surface area contributed by atoms with Crippen LogP contribution in [0, 0.1) is 0 Å². The van der Waals surface area contributed by atoms with E-state index in [1.807, 2.05) is 19.9 Å². The molecule has 0 radical (unpaired) electrons. The lowest BCUT2D eigenvalue weighted by molar-refractivity contribution is 0.0773. The van der Waals surface area contributed by atoms with Crippen LogP contribution in [0.4, 0.5) is 10.5 Å². The van der Waals surface area contributed by atoms with Gasteiger partial charge in [-0.05, 0) is 74.0 Å². The summed E-state index contributed by atoms with van der Waals surface area (Å²) in [6, 6.07) is 15.0. The molecule has 0 bridgehead atoms. The highest BCUT2D eigenvalue weighted by molar-refractivity contribution is 7.91. The van der Waals surface area contributed by atoms with Gasteiger partial charge in [-0.2, -0.15) is 0 Å². The molecule has 33 heavy (non-hydrogen) atoms. The first-order chi connectivity index (χ1) is 15.8. The zero-order chi connectivity index (χ0) is 23.8. The highest BCUT2D eigenvalue weighted by Crippen LogP contribution is 2.23. The Labute approximate surface area is 193 Å². The van der Waals surface area contributed by atoms with Crippen LogP contribution >= 0.6 is 0 Å². The van der Waals surface area contributed by atoms with Gasteiger partial charge in [0.05, 0.1) is 9.79 Å². The molecule has 172 valence electrons. The summed E-state index contributed by atoms with van der Waals surface area (Å²) in [7, 11) is -3.76. The predicted octanol–water partition coefficient (Wildman–Crippen LogP) is 3.72. The zero-order valence-corrected chi connectivity index (χ0v) is 19.3. The van der Waals surface area contributed by atoms with Gasteiger partial charge in [0.25, 0.3) is 5.91 Å². The second kappa shape index (κ2) is 10.7. The smallest absolute Gasteiger partial charge is 0.319 e. The molecule has 0 aliphatic rings. The van der Waals surface area contributed by atoms with Gasteiger partial charge in [-0.1, -0.05) is 6.07 Å². The minimum atomic E-state index is -3.76. The molecule has 1 aromatic heterocycles. The van der Waals surface area contributed by atoms with Crippen molar-refractivity contribution in [1.82, 2.24) is 15.2 Å². The van der Waals surface area contributed by atoms with E-state index in [-0.39, 0.29) is 15.7 Å². The monoisotopic (exact) mass is 466 g/mol. The van der Waals surface area contributed by atoms with Crippen LogP contribution < -0.4 is 10.6 Å². The first-order valence-corrected chi connectivity index (χ1v) is 12.0. The van der Waals surface area contributed by atoms with Crippen LogP contribution in [0.3, 0.4) is 0 Å². The Bertz CT molecular complexity index is 1190. The Morgan fingerprint density at radius 3 is 2.06 bits per heavy atom. The number of rotatable bonds is 8. The fourth-order valence-corrected chi connectivity index (χ4v) is 4.44. The molecule has 0 atom stereocenters. The highest BCUT2D eigenvalue weighted by Gasteiger charge is 2.19. The highest BCUT2D eigenvalue weighted by atomic mass is 32.2. The Hall–Kier alpha value is -3.72. The number of carbonyl (C=O) groups excluding carboxylic acids is 2. The fraction of sp³-hybridized carbons (Fsp3) is 0.208. The Morgan fingerprint density at radius 2 is 1.52 bits per heavy atom. The molecule has 0 saturated carbocycles. The van der Waals surface area contributed by atoms with E-state index in [0.717, 1.165) is 5.56 Å². The summed E-state index contributed by atoms with van der Waals surface area (Å²) in [5.74, 6) is -0.138. The average Bonchev–Trinajstić information content (AvgIpc) is 2.84. The van der Waals surface area contributed by atoms with Gasteiger partial charge < -0.3 is 15.5 Å². The third-order valence-corrected chi connectivity index (χ3v) is 6.85. The van der Waals surface area contributed by atoms with Gasteiger partial charge in [0.15, 0.2) is 0 Å². The summed E-state index contributed by atoms with van der Waals surface area (Å²) < 4.78 is 25.9. The Morgan fingerprint density at radius 1 is 0.909 bits per heavy atom. The standard InChI is InChI=1S/C24H26N4O4S/c1-3-28(4-2)23(29)19-7-11-21(12-8-19)33(31,32)22-13-9-20(10-14-22)27-24(30)26-17-18-6-5-15-25-16-18/h5-16H,3-4,17H2,1-2H3,(H2,26,27,30). The number of carbonyl (C=O) groups is 2. The number of benzene rings is 2. The summed E-state index contributed by atoms with van der Waals surface area (Å²) in [6.45, 7) is 5.26. The third-order valence-electron chi connectivity index (χ3n) is 5.06. The lowest BCUT2D eigenvalue weighted by Crippen LogP contribution is -2.30. The van der Waals surface area contributed by atoms with E-state index in [4.69, 9.17) is 0 Å². The molecule has 0 saturated heterocycles. The molecule has 0 aliphatic carbocycles. The van der Waals surface area contributed by atoms with Crippen molar-refractivity contribution in [2.24, 2.45) is 0 Å². The molecule has 0 unspecified atom stereocenters. The second-order valence-corrected chi connectivity index (χ2v) is 9.15. The lowest BCUT2D eigenvalue weighted by atomic mass is 10.2. The van der Waals surface area contributed by atoms with Crippen LogP contribution in [0.15, 0.2) is 82.8 Å². The van der Waals surface area contributed by atoms with Gasteiger partial charge in [-0.3, -0.25) is 9.78 Å². The molecule has 3 amide bonds. The summed E-state index contributed by atoms with van der Waals surface area (Å²) in [5.41, 5.74) is 1.76. The van der Waals surface area contributed by atoms with E-state index in [2.05, 4.69) is 15.6 Å². The van der Waals surface area contributed by atoms with Gasteiger partial charge in [0, 0.05) is 43.3 Å². The number of nitrogens with zero attached hydrogens (tertiary/aromatic N) is 2. The van der Waals surface area contributed by atoms with E-state index >= 15 is 0 Å². The molecular formula is C24H26N4O4S. The number of pyridine rings is 1. The summed E-state index contributed by atoms with van der Waals surface area (Å²) in [5, 5.41) is 5.37. The molecule has 9 heteroatoms. The minimum Gasteiger partial charge on any atom is -0.339 e. The number of nitrogens with one attached hydrogen (secondary N) is 2. The van der Waals surface area contributed by atoms with E-state index < -0.39 is 15.9 Å². The van der Waals surface area contributed by atoms with Crippen molar-refractivity contribution in [2.75, 3.05) is 18.4 Å². The maximum absolute atomic E-state index is 13.0. The van der Waals surface area contributed by atoms with Gasteiger partial charge in [0.2, 0.25) is 9.84 Å². The van der Waals surface area contributed by atoms with E-state index in [0.29, 0.717) is 30.9 Å². The summed E-state index contributed by atoms with van der Waals surface area (Å²) in [4.78, 5) is 30.3. The normalized spacial score (nSPS) is 11.0. The molecule has 2 aromatic carbocycles. The molecule has 0 aliphatic heterocycles. The maximum atomic E-state index is 13.0. The number of aromatic nitrogens is 1. The van der Waals surface area contributed by atoms with Gasteiger partial charge in [-0.15, -0.1) is 0 Å². The number of amides is 3. The largest absolute Gasteiger partial charge is 0.339 e. The predicted molar refractivity (Wildman–Crippen MR) is 126 cm³/mol. The van der Waals surface area contributed by atoms with Crippen molar-refractivity contribution in [3.63, 3.8) is 0 Å². The molecule has 0 spiro atoms. The van der Waals surface area contributed by atoms with Crippen LogP contribution in [0.2, 0.25) is 0 Å². The molecular weight excluding hydrogens is 440 g/mol. The quantitative estimate of drug-likeness (QED) is 0.526. The van der Waals surface area contributed by atoms with Crippen LogP contribution in [0.5, 0.6) is 0 Å². The van der Waals surface area contributed by atoms with E-state index in [9.17, 15) is 18.0 Å². The third kappa shape index (κ3) is 5.95. The van der Waals surface area contributed by atoms with Gasteiger partial charge in [-0.25, -0.2) is 13.2 Å². The van der Waals surface area contributed by atoms with Crippen molar-refractivity contribution in [2.45, 2.75) is 30.2 Å². The van der Waals surface area contributed by atoms with Crippen molar-refractivity contribution in [3.8, 4) is 0 Å². The molecule has 8 nitrogen and oxygen atoms in total. The minimum absolute atomic E-state index is 0.0895. The van der Waals surface area contributed by atoms with Crippen LogP contribution in [-0.4, -0.2) is 43.3 Å². The second-order valence-electron chi connectivity index (χ2n) is 7.20. The van der Waals surface area contributed by atoms with Crippen LogP contribution in [0.25, 0.3) is 0 Å². The van der Waals surface area contributed by atoms with Gasteiger partial charge >= 0.3 is 6.03 Å². The number of hydrogen-bond acceptors (Lipinski definition) is 5. The molecule has 2 N–H and O–H groups in total. The maximum Gasteiger partial charge on any atom is 0.319 e. The van der Waals surface area contributed by atoms with Crippen molar-refractivity contribution in [3.05, 3.63) is 84.2 Å². The van der Waals surface area contributed by atoms with Crippen LogP contribution in [-0.2, 0) is 16.4 Å². The number of hydrogen-bond donors (Lipinski definition) is 2. The molecule has 3 rings (SSSR count). The topological polar surface area (TPSA) is 108 Å². The first-order valence-electron chi connectivity index (χ1n) is 10.5. The van der Waals surface area contributed by atoms with Crippen molar-refractivity contribution in [1.29, 1.82) is 0 Å². The average molecular weight is 467 g/mol. The molecule has 3 aromatic rings. The molecule has 0 fully saturated rings. The number of sulfone groups is 1. The molecule has 1 heterocycles. The fourth-order valence-electron chi connectivity index (χ4n) is 3.18. The Kier molecular flexibility index (Phi) is 7.78. The van der Waals surface area contributed by atoms with Crippen molar-refractivity contribution >= 4 is 27.5 Å².